The van der Waals surface area contributed by atoms with Gasteiger partial charge in [-0.25, -0.2) is 4.39 Å². The van der Waals surface area contributed by atoms with Gasteiger partial charge < -0.3 is 4.74 Å². The molecule has 1 aliphatic heterocycles. The second kappa shape index (κ2) is 6.27. The summed E-state index contributed by atoms with van der Waals surface area (Å²) in [5, 5.41) is 0. The third-order valence-electron chi connectivity index (χ3n) is 3.80. The lowest BCUT2D eigenvalue weighted by Gasteiger charge is -2.30. The summed E-state index contributed by atoms with van der Waals surface area (Å²) in [6.07, 6.45) is 2.80. The van der Waals surface area contributed by atoms with Crippen molar-refractivity contribution in [1.82, 2.24) is 5.43 Å². The fourth-order valence-corrected chi connectivity index (χ4v) is 2.58. The Morgan fingerprint density at radius 3 is 2.83 bits per heavy atom. The van der Waals surface area contributed by atoms with Crippen LogP contribution in [0.5, 0.6) is 0 Å². The SMILES string of the molecule is Cc1ccc(F)cc1CC(NN)C1CCOCC1. The molecule has 1 atom stereocenters. The molecule has 1 aromatic rings. The number of aryl methyl sites for hydroxylation is 1. The fourth-order valence-electron chi connectivity index (χ4n) is 2.58. The fraction of sp³-hybridized carbons (Fsp3) is 0.571. The largest absolute Gasteiger partial charge is 0.381 e. The van der Waals surface area contributed by atoms with Crippen LogP contribution in [0.25, 0.3) is 0 Å². The van der Waals surface area contributed by atoms with Crippen LogP contribution in [-0.4, -0.2) is 19.3 Å². The van der Waals surface area contributed by atoms with Gasteiger partial charge in [-0.2, -0.15) is 0 Å². The molecule has 0 aliphatic carbocycles. The lowest BCUT2D eigenvalue weighted by Crippen LogP contribution is -2.44. The van der Waals surface area contributed by atoms with Gasteiger partial charge in [0.25, 0.3) is 0 Å². The molecule has 1 saturated heterocycles. The molecule has 3 N–H and O–H groups in total. The van der Waals surface area contributed by atoms with Gasteiger partial charge >= 0.3 is 0 Å². The van der Waals surface area contributed by atoms with Gasteiger partial charge in [0.15, 0.2) is 0 Å². The van der Waals surface area contributed by atoms with Crippen molar-refractivity contribution in [3.05, 3.63) is 35.1 Å². The smallest absolute Gasteiger partial charge is 0.123 e. The summed E-state index contributed by atoms with van der Waals surface area (Å²) in [5.74, 6) is 5.98. The summed E-state index contributed by atoms with van der Waals surface area (Å²) in [7, 11) is 0. The number of halogens is 1. The van der Waals surface area contributed by atoms with Crippen LogP contribution >= 0.6 is 0 Å². The van der Waals surface area contributed by atoms with Gasteiger partial charge in [-0.05, 0) is 55.4 Å². The minimum atomic E-state index is -0.182. The van der Waals surface area contributed by atoms with Crippen LogP contribution in [-0.2, 0) is 11.2 Å². The molecule has 1 heterocycles. The average Bonchev–Trinajstić information content (AvgIpc) is 2.41. The van der Waals surface area contributed by atoms with Gasteiger partial charge in [0.05, 0.1) is 0 Å². The summed E-state index contributed by atoms with van der Waals surface area (Å²) in [6.45, 7) is 3.60. The number of ether oxygens (including phenoxy) is 1. The van der Waals surface area contributed by atoms with Gasteiger partial charge in [-0.3, -0.25) is 11.3 Å². The minimum absolute atomic E-state index is 0.182. The molecule has 4 heteroatoms. The summed E-state index contributed by atoms with van der Waals surface area (Å²) < 4.78 is 18.6. The molecule has 1 aliphatic rings. The Morgan fingerprint density at radius 2 is 2.17 bits per heavy atom. The predicted molar refractivity (Wildman–Crippen MR) is 69.5 cm³/mol. The highest BCUT2D eigenvalue weighted by molar-refractivity contribution is 5.27. The zero-order chi connectivity index (χ0) is 13.0. The molecular formula is C14H21FN2O. The lowest BCUT2D eigenvalue weighted by molar-refractivity contribution is 0.0537. The van der Waals surface area contributed by atoms with Crippen LogP contribution in [0.3, 0.4) is 0 Å². The van der Waals surface area contributed by atoms with Crippen molar-refractivity contribution in [3.8, 4) is 0 Å². The molecule has 2 rings (SSSR count). The molecule has 100 valence electrons. The average molecular weight is 252 g/mol. The van der Waals surface area contributed by atoms with Crippen LogP contribution in [0, 0.1) is 18.7 Å². The van der Waals surface area contributed by atoms with Crippen LogP contribution in [0.1, 0.15) is 24.0 Å². The van der Waals surface area contributed by atoms with Crippen LogP contribution in [0.2, 0.25) is 0 Å². The van der Waals surface area contributed by atoms with E-state index in [0.717, 1.165) is 43.6 Å². The van der Waals surface area contributed by atoms with E-state index in [0.29, 0.717) is 5.92 Å². The van der Waals surface area contributed by atoms with Gasteiger partial charge in [0.1, 0.15) is 5.82 Å². The van der Waals surface area contributed by atoms with E-state index in [1.54, 1.807) is 6.07 Å². The second-order valence-electron chi connectivity index (χ2n) is 5.00. The summed E-state index contributed by atoms with van der Waals surface area (Å²) in [5.41, 5.74) is 5.04. The highest BCUT2D eigenvalue weighted by atomic mass is 19.1. The second-order valence-corrected chi connectivity index (χ2v) is 5.00. The molecule has 1 fully saturated rings. The summed E-state index contributed by atoms with van der Waals surface area (Å²) in [4.78, 5) is 0. The Kier molecular flexibility index (Phi) is 4.69. The minimum Gasteiger partial charge on any atom is -0.381 e. The number of rotatable bonds is 4. The Morgan fingerprint density at radius 1 is 1.44 bits per heavy atom. The van der Waals surface area contributed by atoms with Crippen LogP contribution in [0.15, 0.2) is 18.2 Å². The standard InChI is InChI=1S/C14H21FN2O/c1-10-2-3-13(15)8-12(10)9-14(17-16)11-4-6-18-7-5-11/h2-3,8,11,14,17H,4-7,9,16H2,1H3. The van der Waals surface area contributed by atoms with Crippen molar-refractivity contribution in [2.24, 2.45) is 11.8 Å². The van der Waals surface area contributed by atoms with Crippen molar-refractivity contribution in [2.45, 2.75) is 32.2 Å². The van der Waals surface area contributed by atoms with Gasteiger partial charge in [-0.1, -0.05) is 6.07 Å². The Hall–Kier alpha value is -0.970. The van der Waals surface area contributed by atoms with E-state index in [4.69, 9.17) is 10.6 Å². The predicted octanol–water partition coefficient (Wildman–Crippen LogP) is 1.94. The maximum atomic E-state index is 13.3. The van der Waals surface area contributed by atoms with Crippen molar-refractivity contribution in [1.29, 1.82) is 0 Å². The molecule has 0 bridgehead atoms. The molecule has 0 amide bonds. The third-order valence-corrected chi connectivity index (χ3v) is 3.80. The molecule has 1 unspecified atom stereocenters. The van der Waals surface area contributed by atoms with E-state index >= 15 is 0 Å². The Labute approximate surface area is 107 Å². The Bertz CT molecular complexity index is 391. The first-order valence-corrected chi connectivity index (χ1v) is 6.49. The first-order chi connectivity index (χ1) is 8.70. The van der Waals surface area contributed by atoms with Gasteiger partial charge in [0, 0.05) is 19.3 Å². The lowest BCUT2D eigenvalue weighted by atomic mass is 9.87. The number of hydrogen-bond acceptors (Lipinski definition) is 3. The molecule has 0 spiro atoms. The number of hydrazine groups is 1. The van der Waals surface area contributed by atoms with Gasteiger partial charge in [-0.15, -0.1) is 0 Å². The van der Waals surface area contributed by atoms with Crippen LogP contribution in [0.4, 0.5) is 4.39 Å². The number of nitrogens with one attached hydrogen (secondary N) is 1. The van der Waals surface area contributed by atoms with E-state index in [9.17, 15) is 4.39 Å². The van der Waals surface area contributed by atoms with Crippen molar-refractivity contribution in [2.75, 3.05) is 13.2 Å². The highest BCUT2D eigenvalue weighted by Gasteiger charge is 2.23. The first-order valence-electron chi connectivity index (χ1n) is 6.49. The monoisotopic (exact) mass is 252 g/mol. The van der Waals surface area contributed by atoms with Crippen molar-refractivity contribution >= 4 is 0 Å². The topological polar surface area (TPSA) is 47.3 Å². The highest BCUT2D eigenvalue weighted by Crippen LogP contribution is 2.22. The third kappa shape index (κ3) is 3.28. The summed E-state index contributed by atoms with van der Waals surface area (Å²) >= 11 is 0. The maximum absolute atomic E-state index is 13.3. The van der Waals surface area contributed by atoms with E-state index in [2.05, 4.69) is 5.43 Å². The molecule has 0 radical (unpaired) electrons. The molecular weight excluding hydrogens is 231 g/mol. The molecule has 0 aromatic heterocycles. The first kappa shape index (κ1) is 13.5. The van der Waals surface area contributed by atoms with Crippen LogP contribution < -0.4 is 11.3 Å². The molecule has 18 heavy (non-hydrogen) atoms. The van der Waals surface area contributed by atoms with Gasteiger partial charge in [0.2, 0.25) is 0 Å². The zero-order valence-electron chi connectivity index (χ0n) is 10.8. The maximum Gasteiger partial charge on any atom is 0.123 e. The molecule has 0 saturated carbocycles. The van der Waals surface area contributed by atoms with E-state index in [-0.39, 0.29) is 11.9 Å². The number of hydrogen-bond donors (Lipinski definition) is 2. The van der Waals surface area contributed by atoms with Crippen molar-refractivity contribution in [3.63, 3.8) is 0 Å². The van der Waals surface area contributed by atoms with E-state index in [1.807, 2.05) is 13.0 Å². The number of nitrogens with two attached hydrogens (primary N) is 1. The van der Waals surface area contributed by atoms with Crippen molar-refractivity contribution < 1.29 is 9.13 Å². The molecule has 1 aromatic carbocycles. The number of benzene rings is 1. The molecule has 3 nitrogen and oxygen atoms in total. The zero-order valence-corrected chi connectivity index (χ0v) is 10.8. The van der Waals surface area contributed by atoms with E-state index < -0.39 is 0 Å². The van der Waals surface area contributed by atoms with E-state index in [1.165, 1.54) is 6.07 Å². The normalized spacial score (nSPS) is 18.8. The quantitative estimate of drug-likeness (QED) is 0.636. The summed E-state index contributed by atoms with van der Waals surface area (Å²) in [6, 6.07) is 5.12. The Balaban J connectivity index is 2.06.